The van der Waals surface area contributed by atoms with Gasteiger partial charge in [0.1, 0.15) is 17.1 Å². The second kappa shape index (κ2) is 5.54. The Kier molecular flexibility index (Phi) is 3.74. The lowest BCUT2D eigenvalue weighted by atomic mass is 10.2. The Morgan fingerprint density at radius 1 is 1.29 bits per heavy atom. The highest BCUT2D eigenvalue weighted by molar-refractivity contribution is 6.30. The molecule has 4 nitrogen and oxygen atoms in total. The summed E-state index contributed by atoms with van der Waals surface area (Å²) in [6, 6.07) is 7.35. The third kappa shape index (κ3) is 2.45. The number of nitrogens with zero attached hydrogens (tertiary/aromatic N) is 3. The van der Waals surface area contributed by atoms with Gasteiger partial charge in [-0.1, -0.05) is 11.6 Å². The molecule has 2 heterocycles. The van der Waals surface area contributed by atoms with Crippen LogP contribution in [0, 0.1) is 0 Å². The third-order valence-corrected chi connectivity index (χ3v) is 3.65. The number of pyridine rings is 1. The molecule has 0 N–H and O–H groups in total. The van der Waals surface area contributed by atoms with Crippen LogP contribution in [0.4, 0.5) is 0 Å². The Morgan fingerprint density at radius 2 is 2.10 bits per heavy atom. The highest BCUT2D eigenvalue weighted by Gasteiger charge is 2.19. The molecule has 0 fully saturated rings. The van der Waals surface area contributed by atoms with Crippen LogP contribution < -0.4 is 4.74 Å². The Bertz CT molecular complexity index is 799. The fourth-order valence-corrected chi connectivity index (χ4v) is 2.62. The topological polar surface area (TPSA) is 39.9 Å². The fraction of sp³-hybridized carbons (Fsp3) is 0.200. The highest BCUT2D eigenvalue weighted by Crippen LogP contribution is 2.33. The van der Waals surface area contributed by atoms with Gasteiger partial charge in [-0.25, -0.2) is 4.98 Å². The predicted octanol–water partition coefficient (Wildman–Crippen LogP) is 4.38. The molecular formula is C15H13Cl2N3O. The number of ether oxygens (including phenoxy) is 1. The van der Waals surface area contributed by atoms with Crippen LogP contribution in [0.2, 0.25) is 5.02 Å². The fourth-order valence-electron chi connectivity index (χ4n) is 2.31. The maximum Gasteiger partial charge on any atom is 0.143 e. The summed E-state index contributed by atoms with van der Waals surface area (Å²) in [7, 11) is 1.62. The number of benzene rings is 1. The quantitative estimate of drug-likeness (QED) is 0.672. The van der Waals surface area contributed by atoms with Gasteiger partial charge in [0.2, 0.25) is 0 Å². The Labute approximate surface area is 132 Å². The maximum absolute atomic E-state index is 6.29. The third-order valence-electron chi connectivity index (χ3n) is 3.22. The van der Waals surface area contributed by atoms with E-state index in [1.807, 2.05) is 29.7 Å². The Balaban J connectivity index is 2.38. The number of alkyl halides is 1. The molecule has 0 aliphatic carbocycles. The molecule has 0 aliphatic rings. The van der Waals surface area contributed by atoms with Crippen LogP contribution in [0.25, 0.3) is 16.7 Å². The molecule has 0 amide bonds. The van der Waals surface area contributed by atoms with Crippen molar-refractivity contribution in [1.82, 2.24) is 14.5 Å². The van der Waals surface area contributed by atoms with Crippen LogP contribution in [0.15, 0.2) is 36.7 Å². The van der Waals surface area contributed by atoms with Crippen molar-refractivity contribution in [1.29, 1.82) is 0 Å². The van der Waals surface area contributed by atoms with Crippen molar-refractivity contribution in [2.45, 2.75) is 12.3 Å². The minimum absolute atomic E-state index is 0.263. The summed E-state index contributed by atoms with van der Waals surface area (Å²) < 4.78 is 7.40. The number of hydrogen-bond donors (Lipinski definition) is 0. The monoisotopic (exact) mass is 321 g/mol. The molecule has 1 atom stereocenters. The molecular weight excluding hydrogens is 309 g/mol. The van der Waals surface area contributed by atoms with Gasteiger partial charge < -0.3 is 4.74 Å². The SMILES string of the molecule is COc1ccc(Cl)cc1-n1c(C(C)Cl)nc2cnccc21. The van der Waals surface area contributed by atoms with Gasteiger partial charge in [0.15, 0.2) is 0 Å². The highest BCUT2D eigenvalue weighted by atomic mass is 35.5. The van der Waals surface area contributed by atoms with E-state index in [0.717, 1.165) is 22.5 Å². The summed E-state index contributed by atoms with van der Waals surface area (Å²) in [4.78, 5) is 8.67. The summed E-state index contributed by atoms with van der Waals surface area (Å²) in [5.41, 5.74) is 2.50. The first-order chi connectivity index (χ1) is 10.1. The van der Waals surface area contributed by atoms with Gasteiger partial charge in [0.05, 0.1) is 29.9 Å². The largest absolute Gasteiger partial charge is 0.495 e. The molecule has 0 saturated heterocycles. The minimum atomic E-state index is -0.263. The van der Waals surface area contributed by atoms with Crippen LogP contribution in [0.3, 0.4) is 0 Å². The van der Waals surface area contributed by atoms with Crippen molar-refractivity contribution in [2.75, 3.05) is 7.11 Å². The summed E-state index contributed by atoms with van der Waals surface area (Å²) in [6.07, 6.45) is 3.44. The average Bonchev–Trinajstić information content (AvgIpc) is 2.86. The number of halogens is 2. The molecule has 0 spiro atoms. The normalized spacial score (nSPS) is 12.6. The first-order valence-corrected chi connectivity index (χ1v) is 7.23. The summed E-state index contributed by atoms with van der Waals surface area (Å²) >= 11 is 12.4. The van der Waals surface area contributed by atoms with Crippen LogP contribution in [0.1, 0.15) is 18.1 Å². The van der Waals surface area contributed by atoms with Gasteiger partial charge in [-0.3, -0.25) is 9.55 Å². The van der Waals surface area contributed by atoms with Gasteiger partial charge in [-0.2, -0.15) is 0 Å². The van der Waals surface area contributed by atoms with E-state index in [2.05, 4.69) is 9.97 Å². The van der Waals surface area contributed by atoms with E-state index in [9.17, 15) is 0 Å². The molecule has 1 aromatic carbocycles. The molecule has 21 heavy (non-hydrogen) atoms. The zero-order valence-electron chi connectivity index (χ0n) is 11.5. The average molecular weight is 322 g/mol. The molecule has 108 valence electrons. The molecule has 1 unspecified atom stereocenters. The van der Waals surface area contributed by atoms with E-state index in [-0.39, 0.29) is 5.38 Å². The van der Waals surface area contributed by atoms with Crippen molar-refractivity contribution >= 4 is 34.2 Å². The Hall–Kier alpha value is -1.78. The van der Waals surface area contributed by atoms with Gasteiger partial charge in [0.25, 0.3) is 0 Å². The number of hydrogen-bond acceptors (Lipinski definition) is 3. The van der Waals surface area contributed by atoms with Crippen molar-refractivity contribution in [3.8, 4) is 11.4 Å². The van der Waals surface area contributed by atoms with Crippen molar-refractivity contribution in [3.63, 3.8) is 0 Å². The summed E-state index contributed by atoms with van der Waals surface area (Å²) in [5, 5.41) is 0.357. The number of aromatic nitrogens is 3. The molecule has 0 radical (unpaired) electrons. The predicted molar refractivity (Wildman–Crippen MR) is 84.7 cm³/mol. The molecule has 6 heteroatoms. The maximum atomic E-state index is 6.29. The standard InChI is InChI=1S/C15H13Cl2N3O/c1-9(16)15-19-11-8-18-6-5-12(11)20(15)13-7-10(17)3-4-14(13)21-2/h3-9H,1-2H3. The van der Waals surface area contributed by atoms with Crippen molar-refractivity contribution in [3.05, 3.63) is 47.5 Å². The molecule has 0 saturated carbocycles. The number of rotatable bonds is 3. The summed E-state index contributed by atoms with van der Waals surface area (Å²) in [6.45, 7) is 1.88. The molecule has 2 aromatic heterocycles. The first kappa shape index (κ1) is 14.2. The molecule has 0 bridgehead atoms. The van der Waals surface area contributed by atoms with Gasteiger partial charge in [-0.05, 0) is 31.2 Å². The lowest BCUT2D eigenvalue weighted by Crippen LogP contribution is -2.04. The van der Waals surface area contributed by atoms with Crippen molar-refractivity contribution in [2.24, 2.45) is 0 Å². The van der Waals surface area contributed by atoms with Gasteiger partial charge in [0, 0.05) is 11.2 Å². The van der Waals surface area contributed by atoms with Gasteiger partial charge in [-0.15, -0.1) is 11.6 Å². The van der Waals surface area contributed by atoms with Crippen LogP contribution in [-0.4, -0.2) is 21.6 Å². The summed E-state index contributed by atoms with van der Waals surface area (Å²) in [5.74, 6) is 1.43. The molecule has 3 rings (SSSR count). The van der Waals surface area contributed by atoms with Crippen LogP contribution >= 0.6 is 23.2 Å². The zero-order chi connectivity index (χ0) is 15.0. The zero-order valence-corrected chi connectivity index (χ0v) is 13.1. The van der Waals surface area contributed by atoms with E-state index in [0.29, 0.717) is 10.8 Å². The molecule has 0 aliphatic heterocycles. The second-order valence-corrected chi connectivity index (χ2v) is 5.69. The molecule has 3 aromatic rings. The number of fused-ring (bicyclic) bond motifs is 1. The van der Waals surface area contributed by atoms with E-state index >= 15 is 0 Å². The van der Waals surface area contributed by atoms with E-state index in [1.54, 1.807) is 25.6 Å². The van der Waals surface area contributed by atoms with E-state index in [4.69, 9.17) is 27.9 Å². The smallest absolute Gasteiger partial charge is 0.143 e. The van der Waals surface area contributed by atoms with Gasteiger partial charge >= 0.3 is 0 Å². The van der Waals surface area contributed by atoms with E-state index < -0.39 is 0 Å². The first-order valence-electron chi connectivity index (χ1n) is 6.42. The number of imidazole rings is 1. The lowest BCUT2D eigenvalue weighted by molar-refractivity contribution is 0.413. The Morgan fingerprint density at radius 3 is 2.81 bits per heavy atom. The van der Waals surface area contributed by atoms with Crippen LogP contribution in [0.5, 0.6) is 5.75 Å². The minimum Gasteiger partial charge on any atom is -0.495 e. The number of methoxy groups -OCH3 is 1. The lowest BCUT2D eigenvalue weighted by Gasteiger charge is -2.14. The van der Waals surface area contributed by atoms with Crippen molar-refractivity contribution < 1.29 is 4.74 Å². The second-order valence-electron chi connectivity index (χ2n) is 4.60. The van der Waals surface area contributed by atoms with Crippen LogP contribution in [-0.2, 0) is 0 Å². The van der Waals surface area contributed by atoms with E-state index in [1.165, 1.54) is 0 Å².